The number of carboxylic acid groups (broad SMARTS) is 1. The molecule has 4 aromatic rings. The van der Waals surface area contributed by atoms with Crippen LogP contribution in [0.15, 0.2) is 79.0 Å². The molecule has 0 aliphatic heterocycles. The molecule has 0 fully saturated rings. The second-order valence-corrected chi connectivity index (χ2v) is 9.02. The Hall–Kier alpha value is -4.93. The van der Waals surface area contributed by atoms with Crippen molar-refractivity contribution in [3.05, 3.63) is 107 Å². The van der Waals surface area contributed by atoms with Crippen LogP contribution >= 0.6 is 0 Å². The molecule has 0 bridgehead atoms. The molecule has 2 N–H and O–H groups in total. The normalized spacial score (nSPS) is 11.2. The first-order chi connectivity index (χ1) is 19.4. The number of halogens is 5. The smallest absolute Gasteiger partial charge is 0.416 e. The minimum absolute atomic E-state index is 0.0140. The van der Waals surface area contributed by atoms with Crippen LogP contribution in [0.2, 0.25) is 0 Å². The fourth-order valence-electron chi connectivity index (χ4n) is 4.02. The van der Waals surface area contributed by atoms with E-state index in [1.54, 1.807) is 12.1 Å². The number of alkyl halides is 3. The van der Waals surface area contributed by atoms with Gasteiger partial charge < -0.3 is 10.4 Å². The second kappa shape index (κ2) is 12.1. The van der Waals surface area contributed by atoms with Crippen LogP contribution in [0.4, 0.5) is 27.6 Å². The Morgan fingerprint density at radius 3 is 1.93 bits per heavy atom. The van der Waals surface area contributed by atoms with E-state index in [0.29, 0.717) is 16.8 Å². The van der Waals surface area contributed by atoms with Gasteiger partial charge in [-0.3, -0.25) is 19.4 Å². The van der Waals surface area contributed by atoms with E-state index >= 15 is 0 Å². The molecule has 0 aliphatic carbocycles. The molecule has 210 valence electrons. The molecular formula is C30H21F5N2O4. The number of carbonyl (C=O) groups excluding carboxylic acids is 2. The number of hydrogen-bond acceptors (Lipinski definition) is 4. The average Bonchev–Trinajstić information content (AvgIpc) is 2.94. The van der Waals surface area contributed by atoms with Gasteiger partial charge in [0, 0.05) is 30.3 Å². The highest BCUT2D eigenvalue weighted by atomic mass is 19.4. The molecular weight excluding hydrogens is 547 g/mol. The van der Waals surface area contributed by atoms with E-state index in [9.17, 15) is 36.3 Å². The summed E-state index contributed by atoms with van der Waals surface area (Å²) in [4.78, 5) is 40.0. The van der Waals surface area contributed by atoms with E-state index in [4.69, 9.17) is 5.11 Å². The third-order valence-corrected chi connectivity index (χ3v) is 6.15. The highest BCUT2D eigenvalue weighted by Gasteiger charge is 2.30. The zero-order valence-corrected chi connectivity index (χ0v) is 21.1. The molecule has 4 rings (SSSR count). The lowest BCUT2D eigenvalue weighted by Gasteiger charge is -2.12. The van der Waals surface area contributed by atoms with Crippen LogP contribution in [0.25, 0.3) is 22.3 Å². The molecule has 0 saturated heterocycles. The lowest BCUT2D eigenvalue weighted by molar-refractivity contribution is -0.138. The summed E-state index contributed by atoms with van der Waals surface area (Å²) in [6, 6.07) is 15.1. The van der Waals surface area contributed by atoms with Crippen molar-refractivity contribution < 1.29 is 41.4 Å². The Balaban J connectivity index is 1.52. The number of rotatable bonds is 9. The van der Waals surface area contributed by atoms with Gasteiger partial charge in [-0.25, -0.2) is 8.78 Å². The van der Waals surface area contributed by atoms with Crippen molar-refractivity contribution in [1.29, 1.82) is 0 Å². The molecule has 1 heterocycles. The first-order valence-electron chi connectivity index (χ1n) is 12.2. The van der Waals surface area contributed by atoms with E-state index in [2.05, 4.69) is 10.3 Å². The Kier molecular flexibility index (Phi) is 8.56. The van der Waals surface area contributed by atoms with Crippen molar-refractivity contribution in [2.75, 3.05) is 5.32 Å². The number of hydrogen-bond donors (Lipinski definition) is 2. The maximum Gasteiger partial charge on any atom is 0.416 e. The standard InChI is InChI=1S/C30H21F5N2O4/c31-24-14-22(19-8-13-26(36-16-19)27(38)2-1-3-28(39)40)23(15-25(24)32)29(41)37-21-11-6-18(7-12-21)17-4-9-20(10-5-17)30(33,34)35/h4-16H,1-3H2,(H,37,41)(H,39,40). The van der Waals surface area contributed by atoms with E-state index in [0.717, 1.165) is 24.3 Å². The van der Waals surface area contributed by atoms with Crippen molar-refractivity contribution in [2.24, 2.45) is 0 Å². The average molecular weight is 568 g/mol. The number of anilines is 1. The highest BCUT2D eigenvalue weighted by molar-refractivity contribution is 6.09. The summed E-state index contributed by atoms with van der Waals surface area (Å²) in [6.45, 7) is 0. The monoisotopic (exact) mass is 568 g/mol. The summed E-state index contributed by atoms with van der Waals surface area (Å²) < 4.78 is 66.7. The number of nitrogens with one attached hydrogen (secondary N) is 1. The van der Waals surface area contributed by atoms with Gasteiger partial charge in [0.05, 0.1) is 11.1 Å². The van der Waals surface area contributed by atoms with Crippen molar-refractivity contribution in [3.63, 3.8) is 0 Å². The molecule has 1 aromatic heterocycles. The van der Waals surface area contributed by atoms with Gasteiger partial charge in [0.1, 0.15) is 5.69 Å². The quantitative estimate of drug-likeness (QED) is 0.162. The fourth-order valence-corrected chi connectivity index (χ4v) is 4.02. The van der Waals surface area contributed by atoms with Gasteiger partial charge in [-0.2, -0.15) is 13.2 Å². The van der Waals surface area contributed by atoms with Gasteiger partial charge in [0.25, 0.3) is 5.91 Å². The largest absolute Gasteiger partial charge is 0.481 e. The summed E-state index contributed by atoms with van der Waals surface area (Å²) in [5, 5.41) is 11.3. The Labute approximate surface area is 230 Å². The highest BCUT2D eigenvalue weighted by Crippen LogP contribution is 2.32. The van der Waals surface area contributed by atoms with Crippen LogP contribution in [0, 0.1) is 11.6 Å². The predicted octanol–water partition coefficient (Wildman–Crippen LogP) is 7.40. The van der Waals surface area contributed by atoms with E-state index in [1.165, 1.54) is 42.6 Å². The maximum absolute atomic E-state index is 14.2. The van der Waals surface area contributed by atoms with Crippen molar-refractivity contribution in [1.82, 2.24) is 4.98 Å². The van der Waals surface area contributed by atoms with Gasteiger partial charge in [0.15, 0.2) is 17.4 Å². The van der Waals surface area contributed by atoms with Gasteiger partial charge in [0.2, 0.25) is 0 Å². The zero-order chi connectivity index (χ0) is 29.7. The van der Waals surface area contributed by atoms with E-state index < -0.39 is 35.3 Å². The lowest BCUT2D eigenvalue weighted by Crippen LogP contribution is -2.14. The minimum atomic E-state index is -4.45. The topological polar surface area (TPSA) is 96.4 Å². The van der Waals surface area contributed by atoms with Crippen LogP contribution < -0.4 is 5.32 Å². The van der Waals surface area contributed by atoms with Gasteiger partial charge in [-0.1, -0.05) is 30.3 Å². The number of aliphatic carboxylic acids is 1. The van der Waals surface area contributed by atoms with Crippen molar-refractivity contribution in [3.8, 4) is 22.3 Å². The van der Waals surface area contributed by atoms with Crippen LogP contribution in [0.1, 0.15) is 45.7 Å². The lowest BCUT2D eigenvalue weighted by atomic mass is 9.99. The third kappa shape index (κ3) is 7.18. The first-order valence-corrected chi connectivity index (χ1v) is 12.2. The zero-order valence-electron chi connectivity index (χ0n) is 21.1. The van der Waals surface area contributed by atoms with Gasteiger partial charge >= 0.3 is 12.1 Å². The Morgan fingerprint density at radius 1 is 0.780 bits per heavy atom. The molecule has 0 radical (unpaired) electrons. The summed E-state index contributed by atoms with van der Waals surface area (Å²) in [5.74, 6) is -4.64. The molecule has 1 amide bonds. The third-order valence-electron chi connectivity index (χ3n) is 6.15. The number of Topliss-reactive ketones (excluding diaryl/α,β-unsaturated/α-hetero) is 1. The molecule has 0 atom stereocenters. The predicted molar refractivity (Wildman–Crippen MR) is 140 cm³/mol. The maximum atomic E-state index is 14.2. The Bertz CT molecular complexity index is 1580. The Morgan fingerprint density at radius 2 is 1.37 bits per heavy atom. The van der Waals surface area contributed by atoms with Crippen LogP contribution in [0.3, 0.4) is 0 Å². The molecule has 0 saturated carbocycles. The molecule has 0 aliphatic rings. The molecule has 41 heavy (non-hydrogen) atoms. The molecule has 0 spiro atoms. The van der Waals surface area contributed by atoms with Crippen LogP contribution in [-0.2, 0) is 11.0 Å². The molecule has 6 nitrogen and oxygen atoms in total. The number of ketones is 1. The van der Waals surface area contributed by atoms with Gasteiger partial charge in [-0.15, -0.1) is 0 Å². The number of nitrogens with zero attached hydrogens (tertiary/aromatic N) is 1. The summed E-state index contributed by atoms with van der Waals surface area (Å²) in [6.07, 6.45) is -3.29. The summed E-state index contributed by atoms with van der Waals surface area (Å²) in [7, 11) is 0. The fraction of sp³-hybridized carbons (Fsp3) is 0.133. The minimum Gasteiger partial charge on any atom is -0.481 e. The molecule has 11 heteroatoms. The SMILES string of the molecule is O=C(O)CCCC(=O)c1ccc(-c2cc(F)c(F)cc2C(=O)Nc2ccc(-c3ccc(C(F)(F)F)cc3)cc2)cn1. The van der Waals surface area contributed by atoms with E-state index in [-0.39, 0.29) is 47.4 Å². The first kappa shape index (κ1) is 29.1. The van der Waals surface area contributed by atoms with Gasteiger partial charge in [-0.05, 0) is 65.6 Å². The van der Waals surface area contributed by atoms with Crippen molar-refractivity contribution in [2.45, 2.75) is 25.4 Å². The number of amides is 1. The number of aromatic nitrogens is 1. The number of carbonyl (C=O) groups is 3. The van der Waals surface area contributed by atoms with E-state index in [1.807, 2.05) is 0 Å². The summed E-state index contributed by atoms with van der Waals surface area (Å²) in [5.41, 5.74) is 0.721. The molecule has 0 unspecified atom stereocenters. The number of benzene rings is 3. The number of carboxylic acids is 1. The second-order valence-electron chi connectivity index (χ2n) is 9.02. The van der Waals surface area contributed by atoms with Crippen LogP contribution in [-0.4, -0.2) is 27.8 Å². The molecule has 3 aromatic carbocycles. The van der Waals surface area contributed by atoms with Crippen molar-refractivity contribution >= 4 is 23.3 Å². The van der Waals surface area contributed by atoms with Crippen LogP contribution in [0.5, 0.6) is 0 Å². The number of pyridine rings is 1. The summed E-state index contributed by atoms with van der Waals surface area (Å²) >= 11 is 0.